The quantitative estimate of drug-likeness (QED) is 0.899. The molecule has 122 valence electrons. The van der Waals surface area contributed by atoms with Gasteiger partial charge >= 0.3 is 0 Å². The first-order valence-corrected chi connectivity index (χ1v) is 9.25. The van der Waals surface area contributed by atoms with Crippen molar-refractivity contribution in [2.24, 2.45) is 0 Å². The minimum absolute atomic E-state index is 0.0167. The number of nitrogens with one attached hydrogen (secondary N) is 1. The van der Waals surface area contributed by atoms with Crippen LogP contribution >= 0.6 is 0 Å². The van der Waals surface area contributed by atoms with E-state index < -0.39 is 15.7 Å². The number of phenols is 1. The highest BCUT2D eigenvalue weighted by atomic mass is 32.2. The highest BCUT2D eigenvalue weighted by Crippen LogP contribution is 2.29. The fraction of sp³-hybridized carbons (Fsp3) is 0.294. The standard InChI is InChI=1S/C17H18FNO3S/c1-23(21,22)14-6-5-12(16(18)9-14)10-19-13-7-11-3-2-4-17(20)15(11)8-13/h2-6,9,13,19-20H,7-8,10H2,1H3. The van der Waals surface area contributed by atoms with Crippen LogP contribution in [0.25, 0.3) is 0 Å². The Balaban J connectivity index is 1.67. The zero-order valence-electron chi connectivity index (χ0n) is 12.7. The molecule has 2 aromatic carbocycles. The second-order valence-corrected chi connectivity index (χ2v) is 7.94. The molecule has 23 heavy (non-hydrogen) atoms. The van der Waals surface area contributed by atoms with Gasteiger partial charge < -0.3 is 10.4 Å². The molecule has 0 spiro atoms. The molecular weight excluding hydrogens is 317 g/mol. The van der Waals surface area contributed by atoms with Gasteiger partial charge in [0.15, 0.2) is 9.84 Å². The van der Waals surface area contributed by atoms with Gasteiger partial charge in [0.2, 0.25) is 0 Å². The number of benzene rings is 2. The van der Waals surface area contributed by atoms with Crippen molar-refractivity contribution in [3.63, 3.8) is 0 Å². The Labute approximate surface area is 134 Å². The Morgan fingerprint density at radius 1 is 1.26 bits per heavy atom. The number of phenolic OH excluding ortho intramolecular Hbond substituents is 1. The fourth-order valence-corrected chi connectivity index (χ4v) is 3.57. The van der Waals surface area contributed by atoms with Gasteiger partial charge in [-0.3, -0.25) is 0 Å². The van der Waals surface area contributed by atoms with E-state index in [-0.39, 0.29) is 10.9 Å². The molecule has 1 aliphatic rings. The van der Waals surface area contributed by atoms with E-state index in [0.29, 0.717) is 24.3 Å². The molecule has 0 saturated carbocycles. The lowest BCUT2D eigenvalue weighted by Crippen LogP contribution is -2.29. The molecule has 1 unspecified atom stereocenters. The molecule has 0 amide bonds. The van der Waals surface area contributed by atoms with E-state index in [0.717, 1.165) is 29.9 Å². The van der Waals surface area contributed by atoms with Crippen molar-refractivity contribution in [3.8, 4) is 5.75 Å². The van der Waals surface area contributed by atoms with Crippen LogP contribution in [0.1, 0.15) is 16.7 Å². The SMILES string of the molecule is CS(=O)(=O)c1ccc(CNC2Cc3cccc(O)c3C2)c(F)c1. The number of hydrogen-bond donors (Lipinski definition) is 2. The molecule has 0 saturated heterocycles. The van der Waals surface area contributed by atoms with Crippen molar-refractivity contribution in [3.05, 3.63) is 58.9 Å². The molecule has 0 aromatic heterocycles. The van der Waals surface area contributed by atoms with Gasteiger partial charge in [0.1, 0.15) is 11.6 Å². The fourth-order valence-electron chi connectivity index (χ4n) is 2.93. The van der Waals surface area contributed by atoms with Crippen LogP contribution in [-0.2, 0) is 29.2 Å². The molecule has 0 fully saturated rings. The van der Waals surface area contributed by atoms with Gasteiger partial charge in [-0.25, -0.2) is 12.8 Å². The van der Waals surface area contributed by atoms with Crippen molar-refractivity contribution in [1.82, 2.24) is 5.32 Å². The van der Waals surface area contributed by atoms with E-state index in [2.05, 4.69) is 5.32 Å². The van der Waals surface area contributed by atoms with Crippen molar-refractivity contribution in [2.75, 3.05) is 6.26 Å². The molecule has 4 nitrogen and oxygen atoms in total. The van der Waals surface area contributed by atoms with Gasteiger partial charge in [-0.1, -0.05) is 18.2 Å². The van der Waals surface area contributed by atoms with Gasteiger partial charge in [0, 0.05) is 24.4 Å². The summed E-state index contributed by atoms with van der Waals surface area (Å²) in [6.07, 6.45) is 2.54. The van der Waals surface area contributed by atoms with E-state index >= 15 is 0 Å². The van der Waals surface area contributed by atoms with Gasteiger partial charge in [-0.15, -0.1) is 0 Å². The van der Waals surface area contributed by atoms with E-state index in [1.54, 1.807) is 6.07 Å². The Hall–Kier alpha value is -1.92. The highest BCUT2D eigenvalue weighted by molar-refractivity contribution is 7.90. The molecule has 2 aromatic rings. The number of halogens is 1. The summed E-state index contributed by atoms with van der Waals surface area (Å²) in [7, 11) is -3.40. The van der Waals surface area contributed by atoms with E-state index in [4.69, 9.17) is 0 Å². The smallest absolute Gasteiger partial charge is 0.175 e. The van der Waals surface area contributed by atoms with Crippen LogP contribution in [0.15, 0.2) is 41.3 Å². The monoisotopic (exact) mass is 335 g/mol. The first kappa shape index (κ1) is 16.0. The Bertz CT molecular complexity index is 849. The predicted molar refractivity (Wildman–Crippen MR) is 85.7 cm³/mol. The van der Waals surface area contributed by atoms with Gasteiger partial charge in [0.25, 0.3) is 0 Å². The van der Waals surface area contributed by atoms with Crippen molar-refractivity contribution in [2.45, 2.75) is 30.3 Å². The van der Waals surface area contributed by atoms with Crippen LogP contribution < -0.4 is 5.32 Å². The Morgan fingerprint density at radius 2 is 2.04 bits per heavy atom. The Kier molecular flexibility index (Phi) is 4.12. The van der Waals surface area contributed by atoms with Gasteiger partial charge in [0.05, 0.1) is 4.90 Å². The van der Waals surface area contributed by atoms with Gasteiger partial charge in [-0.05, 0) is 42.2 Å². The largest absolute Gasteiger partial charge is 0.508 e. The van der Waals surface area contributed by atoms with E-state index in [1.807, 2.05) is 12.1 Å². The molecular formula is C17H18FNO3S. The molecule has 0 aliphatic heterocycles. The summed E-state index contributed by atoms with van der Waals surface area (Å²) in [5.74, 6) is -0.228. The average Bonchev–Trinajstić information content (AvgIpc) is 2.89. The second-order valence-electron chi connectivity index (χ2n) is 5.93. The van der Waals surface area contributed by atoms with E-state index in [9.17, 15) is 17.9 Å². The summed E-state index contributed by atoms with van der Waals surface area (Å²) >= 11 is 0. The van der Waals surface area contributed by atoms with Crippen LogP contribution in [0.5, 0.6) is 5.75 Å². The third kappa shape index (κ3) is 3.38. The predicted octanol–water partition coefficient (Wildman–Crippen LogP) is 2.19. The topological polar surface area (TPSA) is 66.4 Å². The molecule has 3 rings (SSSR count). The van der Waals surface area contributed by atoms with Crippen LogP contribution in [0.2, 0.25) is 0 Å². The van der Waals surface area contributed by atoms with Crippen molar-refractivity contribution < 1.29 is 17.9 Å². The number of fused-ring (bicyclic) bond motifs is 1. The maximum Gasteiger partial charge on any atom is 0.175 e. The average molecular weight is 335 g/mol. The Morgan fingerprint density at radius 3 is 2.70 bits per heavy atom. The molecule has 0 bridgehead atoms. The summed E-state index contributed by atoms with van der Waals surface area (Å²) in [6.45, 7) is 0.315. The minimum atomic E-state index is -3.40. The summed E-state index contributed by atoms with van der Waals surface area (Å²) in [5.41, 5.74) is 2.48. The number of sulfone groups is 1. The molecule has 0 heterocycles. The lowest BCUT2D eigenvalue weighted by atomic mass is 10.1. The third-order valence-corrected chi connectivity index (χ3v) is 5.31. The third-order valence-electron chi connectivity index (χ3n) is 4.20. The van der Waals surface area contributed by atoms with Crippen LogP contribution in [0.3, 0.4) is 0 Å². The summed E-state index contributed by atoms with van der Waals surface area (Å²) in [4.78, 5) is -0.0167. The van der Waals surface area contributed by atoms with Gasteiger partial charge in [-0.2, -0.15) is 0 Å². The first-order valence-electron chi connectivity index (χ1n) is 7.36. The van der Waals surface area contributed by atoms with Crippen LogP contribution in [0.4, 0.5) is 4.39 Å². The van der Waals surface area contributed by atoms with Crippen LogP contribution in [-0.4, -0.2) is 25.8 Å². The first-order chi connectivity index (χ1) is 10.8. The zero-order valence-corrected chi connectivity index (χ0v) is 13.5. The maximum absolute atomic E-state index is 14.0. The molecule has 1 atom stereocenters. The zero-order chi connectivity index (χ0) is 16.6. The molecule has 1 aliphatic carbocycles. The summed E-state index contributed by atoms with van der Waals surface area (Å²) in [6, 6.07) is 9.58. The number of hydrogen-bond acceptors (Lipinski definition) is 4. The second kappa shape index (κ2) is 5.94. The van der Waals surface area contributed by atoms with Crippen molar-refractivity contribution in [1.29, 1.82) is 0 Å². The number of aromatic hydroxyl groups is 1. The molecule has 0 radical (unpaired) electrons. The maximum atomic E-state index is 14.0. The minimum Gasteiger partial charge on any atom is -0.508 e. The summed E-state index contributed by atoms with van der Waals surface area (Å²) < 4.78 is 36.9. The molecule has 2 N–H and O–H groups in total. The van der Waals surface area contributed by atoms with Crippen LogP contribution in [0, 0.1) is 5.82 Å². The summed E-state index contributed by atoms with van der Waals surface area (Å²) in [5, 5.41) is 13.1. The van der Waals surface area contributed by atoms with Crippen molar-refractivity contribution >= 4 is 9.84 Å². The lowest BCUT2D eigenvalue weighted by molar-refractivity contribution is 0.463. The normalized spacial score (nSPS) is 17.2. The lowest BCUT2D eigenvalue weighted by Gasteiger charge is -2.13. The molecule has 6 heteroatoms. The highest BCUT2D eigenvalue weighted by Gasteiger charge is 2.23. The number of rotatable bonds is 4. The van der Waals surface area contributed by atoms with E-state index in [1.165, 1.54) is 12.1 Å².